The first kappa shape index (κ1) is 10.3. The Morgan fingerprint density at radius 2 is 1.82 bits per heavy atom. The van der Waals surface area contributed by atoms with Gasteiger partial charge in [0.05, 0.1) is 17.4 Å². The van der Waals surface area contributed by atoms with Gasteiger partial charge in [0.25, 0.3) is 0 Å². The molecule has 2 aromatic carbocycles. The fourth-order valence-electron chi connectivity index (χ4n) is 1.78. The Kier molecular flexibility index (Phi) is 2.34. The Balaban J connectivity index is 2.23. The van der Waals surface area contributed by atoms with Gasteiger partial charge in [0.15, 0.2) is 0 Å². The van der Waals surface area contributed by atoms with Gasteiger partial charge in [-0.05, 0) is 42.5 Å². The number of fused-ring (bicyclic) bond motifs is 1. The summed E-state index contributed by atoms with van der Waals surface area (Å²) in [5, 5.41) is 5.92. The average molecular weight is 247 g/mol. The molecule has 0 spiro atoms. The SMILES string of the molecule is Fc1ccc(-n2ncc3ccc(Cl)cc32)cc1. The zero-order valence-corrected chi connectivity index (χ0v) is 9.53. The Bertz CT molecular complexity index is 673. The Hall–Kier alpha value is -1.87. The van der Waals surface area contributed by atoms with Gasteiger partial charge >= 0.3 is 0 Å². The molecule has 3 rings (SSSR count). The number of nitrogens with zero attached hydrogens (tertiary/aromatic N) is 2. The fourth-order valence-corrected chi connectivity index (χ4v) is 1.95. The number of hydrogen-bond acceptors (Lipinski definition) is 1. The van der Waals surface area contributed by atoms with Crippen molar-refractivity contribution in [2.24, 2.45) is 0 Å². The summed E-state index contributed by atoms with van der Waals surface area (Å²) in [5.41, 5.74) is 1.72. The van der Waals surface area contributed by atoms with Crippen molar-refractivity contribution < 1.29 is 4.39 Å². The summed E-state index contributed by atoms with van der Waals surface area (Å²) in [7, 11) is 0. The minimum atomic E-state index is -0.261. The second-order valence-electron chi connectivity index (χ2n) is 3.74. The maximum Gasteiger partial charge on any atom is 0.123 e. The third kappa shape index (κ3) is 1.78. The van der Waals surface area contributed by atoms with Crippen LogP contribution >= 0.6 is 11.6 Å². The Morgan fingerprint density at radius 1 is 1.06 bits per heavy atom. The molecule has 0 N–H and O–H groups in total. The lowest BCUT2D eigenvalue weighted by Crippen LogP contribution is -1.95. The van der Waals surface area contributed by atoms with E-state index in [1.165, 1.54) is 12.1 Å². The molecule has 2 nitrogen and oxygen atoms in total. The molecule has 0 saturated carbocycles. The lowest BCUT2D eigenvalue weighted by Gasteiger charge is -2.03. The smallest absolute Gasteiger partial charge is 0.123 e. The highest BCUT2D eigenvalue weighted by molar-refractivity contribution is 6.31. The van der Waals surface area contributed by atoms with E-state index in [0.717, 1.165) is 16.6 Å². The summed E-state index contributed by atoms with van der Waals surface area (Å²) in [4.78, 5) is 0. The molecule has 0 aliphatic heterocycles. The highest BCUT2D eigenvalue weighted by Crippen LogP contribution is 2.22. The molecule has 3 aromatic rings. The summed E-state index contributed by atoms with van der Waals surface area (Å²) in [6, 6.07) is 11.8. The summed E-state index contributed by atoms with van der Waals surface area (Å²) in [5.74, 6) is -0.261. The van der Waals surface area contributed by atoms with Crippen LogP contribution in [-0.4, -0.2) is 9.78 Å². The molecule has 0 aliphatic rings. The van der Waals surface area contributed by atoms with Crippen LogP contribution in [-0.2, 0) is 0 Å². The van der Waals surface area contributed by atoms with Crippen LogP contribution in [0.3, 0.4) is 0 Å². The van der Waals surface area contributed by atoms with Crippen LogP contribution in [0.4, 0.5) is 4.39 Å². The van der Waals surface area contributed by atoms with Crippen molar-refractivity contribution in [2.75, 3.05) is 0 Å². The minimum absolute atomic E-state index is 0.261. The van der Waals surface area contributed by atoms with Crippen LogP contribution < -0.4 is 0 Å². The van der Waals surface area contributed by atoms with Gasteiger partial charge in [0.2, 0.25) is 0 Å². The number of aromatic nitrogens is 2. The molecule has 0 radical (unpaired) electrons. The van der Waals surface area contributed by atoms with Gasteiger partial charge < -0.3 is 0 Å². The van der Waals surface area contributed by atoms with Crippen molar-refractivity contribution in [1.29, 1.82) is 0 Å². The number of halogens is 2. The lowest BCUT2D eigenvalue weighted by molar-refractivity contribution is 0.627. The van der Waals surface area contributed by atoms with Crippen LogP contribution in [0.2, 0.25) is 5.02 Å². The second-order valence-corrected chi connectivity index (χ2v) is 4.17. The van der Waals surface area contributed by atoms with Gasteiger partial charge in [-0.1, -0.05) is 11.6 Å². The number of benzene rings is 2. The van der Waals surface area contributed by atoms with Gasteiger partial charge in [-0.3, -0.25) is 0 Å². The summed E-state index contributed by atoms with van der Waals surface area (Å²) < 4.78 is 14.6. The van der Waals surface area contributed by atoms with Gasteiger partial charge in [-0.2, -0.15) is 5.10 Å². The van der Waals surface area contributed by atoms with Gasteiger partial charge in [0.1, 0.15) is 5.82 Å². The molecule has 0 amide bonds. The van der Waals surface area contributed by atoms with Crippen molar-refractivity contribution in [3.63, 3.8) is 0 Å². The molecule has 84 valence electrons. The van der Waals surface area contributed by atoms with E-state index in [0.29, 0.717) is 5.02 Å². The minimum Gasteiger partial charge on any atom is -0.233 e. The predicted octanol–water partition coefficient (Wildman–Crippen LogP) is 3.82. The molecule has 1 heterocycles. The van der Waals surface area contributed by atoms with Crippen molar-refractivity contribution in [3.8, 4) is 5.69 Å². The first-order valence-electron chi connectivity index (χ1n) is 5.13. The molecular weight excluding hydrogens is 239 g/mol. The van der Waals surface area contributed by atoms with Crippen LogP contribution in [0.25, 0.3) is 16.6 Å². The summed E-state index contributed by atoms with van der Waals surface area (Å²) in [6.45, 7) is 0. The third-order valence-corrected chi connectivity index (χ3v) is 2.84. The van der Waals surface area contributed by atoms with Gasteiger partial charge in [0, 0.05) is 10.4 Å². The highest BCUT2D eigenvalue weighted by Gasteiger charge is 2.05. The molecule has 17 heavy (non-hydrogen) atoms. The van der Waals surface area contributed by atoms with Gasteiger partial charge in [-0.15, -0.1) is 0 Å². The fraction of sp³-hybridized carbons (Fsp3) is 0. The topological polar surface area (TPSA) is 17.8 Å². The molecule has 0 aliphatic carbocycles. The molecule has 0 fully saturated rings. The highest BCUT2D eigenvalue weighted by atomic mass is 35.5. The zero-order valence-electron chi connectivity index (χ0n) is 8.77. The molecule has 4 heteroatoms. The average Bonchev–Trinajstić information content (AvgIpc) is 2.73. The number of rotatable bonds is 1. The van der Waals surface area contributed by atoms with E-state index in [1.807, 2.05) is 18.2 Å². The first-order chi connectivity index (χ1) is 8.24. The zero-order chi connectivity index (χ0) is 11.8. The van der Waals surface area contributed by atoms with Crippen molar-refractivity contribution in [1.82, 2.24) is 9.78 Å². The van der Waals surface area contributed by atoms with E-state index in [1.54, 1.807) is 23.0 Å². The Labute approximate surface area is 102 Å². The second kappa shape index (κ2) is 3.86. The normalized spacial score (nSPS) is 10.9. The van der Waals surface area contributed by atoms with Crippen LogP contribution in [0.5, 0.6) is 0 Å². The van der Waals surface area contributed by atoms with E-state index in [-0.39, 0.29) is 5.82 Å². The molecule has 0 unspecified atom stereocenters. The lowest BCUT2D eigenvalue weighted by atomic mass is 10.2. The summed E-state index contributed by atoms with van der Waals surface area (Å²) in [6.07, 6.45) is 1.76. The van der Waals surface area contributed by atoms with Crippen molar-refractivity contribution in [3.05, 3.63) is 59.5 Å². The monoisotopic (exact) mass is 246 g/mol. The van der Waals surface area contributed by atoms with E-state index in [4.69, 9.17) is 11.6 Å². The van der Waals surface area contributed by atoms with Crippen LogP contribution in [0, 0.1) is 5.82 Å². The first-order valence-corrected chi connectivity index (χ1v) is 5.51. The summed E-state index contributed by atoms with van der Waals surface area (Å²) >= 11 is 5.96. The molecule has 0 bridgehead atoms. The standard InChI is InChI=1S/C13H8ClFN2/c14-10-2-1-9-8-16-17(13(9)7-10)12-5-3-11(15)4-6-12/h1-8H. The van der Waals surface area contributed by atoms with E-state index < -0.39 is 0 Å². The van der Waals surface area contributed by atoms with Gasteiger partial charge in [-0.25, -0.2) is 9.07 Å². The number of hydrogen-bond donors (Lipinski definition) is 0. The predicted molar refractivity (Wildman–Crippen MR) is 66.0 cm³/mol. The van der Waals surface area contributed by atoms with Crippen molar-refractivity contribution >= 4 is 22.5 Å². The maximum atomic E-state index is 12.9. The van der Waals surface area contributed by atoms with E-state index in [9.17, 15) is 4.39 Å². The van der Waals surface area contributed by atoms with E-state index >= 15 is 0 Å². The maximum absolute atomic E-state index is 12.9. The quantitative estimate of drug-likeness (QED) is 0.638. The molecule has 1 aromatic heterocycles. The molecular formula is C13H8ClFN2. The molecule has 0 saturated heterocycles. The van der Waals surface area contributed by atoms with Crippen LogP contribution in [0.1, 0.15) is 0 Å². The van der Waals surface area contributed by atoms with Crippen molar-refractivity contribution in [2.45, 2.75) is 0 Å². The van der Waals surface area contributed by atoms with E-state index in [2.05, 4.69) is 5.10 Å². The van der Waals surface area contributed by atoms with Crippen LogP contribution in [0.15, 0.2) is 48.7 Å². The largest absolute Gasteiger partial charge is 0.233 e. The Morgan fingerprint density at radius 3 is 2.59 bits per heavy atom. The molecule has 0 atom stereocenters. The third-order valence-electron chi connectivity index (χ3n) is 2.60.